The number of nitrogens with zero attached hydrogens (tertiary/aromatic N) is 2. The van der Waals surface area contributed by atoms with Crippen LogP contribution in [-0.4, -0.2) is 51.9 Å². The number of sulfonamides is 1. The lowest BCUT2D eigenvalue weighted by molar-refractivity contribution is -0.139. The number of carbonyl (C=O) groups is 2. The number of ether oxygens (including phenoxy) is 1. The normalized spacial score (nSPS) is 11.9. The minimum atomic E-state index is -4.14. The second kappa shape index (κ2) is 11.7. The Morgan fingerprint density at radius 2 is 1.64 bits per heavy atom. The van der Waals surface area contributed by atoms with Gasteiger partial charge in [0.25, 0.3) is 10.0 Å². The van der Waals surface area contributed by atoms with Gasteiger partial charge in [0.1, 0.15) is 18.3 Å². The fourth-order valence-electron chi connectivity index (χ4n) is 3.87. The van der Waals surface area contributed by atoms with Gasteiger partial charge in [-0.2, -0.15) is 0 Å². The van der Waals surface area contributed by atoms with Crippen molar-refractivity contribution in [3.05, 3.63) is 90.0 Å². The molecule has 3 aromatic carbocycles. The molecule has 3 aromatic rings. The van der Waals surface area contributed by atoms with Crippen LogP contribution in [0.25, 0.3) is 0 Å². The third-order valence-electron chi connectivity index (χ3n) is 5.81. The van der Waals surface area contributed by atoms with Crippen LogP contribution in [0.3, 0.4) is 0 Å². The minimum absolute atomic E-state index is 0.0355. The number of amides is 2. The van der Waals surface area contributed by atoms with Crippen molar-refractivity contribution in [2.45, 2.75) is 31.3 Å². The first-order chi connectivity index (χ1) is 17.2. The molecule has 3 rings (SSSR count). The molecule has 1 unspecified atom stereocenters. The molecule has 0 saturated heterocycles. The van der Waals surface area contributed by atoms with E-state index in [1.807, 2.05) is 31.2 Å². The lowest BCUT2D eigenvalue weighted by Crippen LogP contribution is -2.50. The van der Waals surface area contributed by atoms with Gasteiger partial charge in [-0.25, -0.2) is 8.42 Å². The number of rotatable bonds is 10. The summed E-state index contributed by atoms with van der Waals surface area (Å²) in [5.74, 6) is -0.585. The first-order valence-corrected chi connectivity index (χ1v) is 12.9. The smallest absolute Gasteiger partial charge is 0.264 e. The van der Waals surface area contributed by atoms with E-state index in [2.05, 4.69) is 5.32 Å². The van der Waals surface area contributed by atoms with E-state index in [-0.39, 0.29) is 23.0 Å². The molecular formula is C27H31N3O5S. The first-order valence-electron chi connectivity index (χ1n) is 11.5. The number of carbonyl (C=O) groups excluding carboxylic acids is 2. The molecule has 2 amide bonds. The van der Waals surface area contributed by atoms with Crippen LogP contribution in [0.15, 0.2) is 83.8 Å². The summed E-state index contributed by atoms with van der Waals surface area (Å²) in [4.78, 5) is 27.7. The zero-order valence-electron chi connectivity index (χ0n) is 20.8. The summed E-state index contributed by atoms with van der Waals surface area (Å²) in [6, 6.07) is 21.3. The number of hydrogen-bond acceptors (Lipinski definition) is 5. The maximum Gasteiger partial charge on any atom is 0.264 e. The van der Waals surface area contributed by atoms with Gasteiger partial charge in [-0.1, -0.05) is 60.2 Å². The molecule has 0 aliphatic rings. The molecule has 1 atom stereocenters. The van der Waals surface area contributed by atoms with Gasteiger partial charge in [-0.15, -0.1) is 0 Å². The maximum atomic E-state index is 13.8. The highest BCUT2D eigenvalue weighted by Gasteiger charge is 2.33. The average molecular weight is 510 g/mol. The highest BCUT2D eigenvalue weighted by molar-refractivity contribution is 7.92. The molecule has 0 radical (unpaired) electrons. The summed E-state index contributed by atoms with van der Waals surface area (Å²) in [5.41, 5.74) is 2.06. The van der Waals surface area contributed by atoms with Crippen molar-refractivity contribution in [1.29, 1.82) is 0 Å². The van der Waals surface area contributed by atoms with Gasteiger partial charge in [-0.3, -0.25) is 13.9 Å². The molecule has 1 N–H and O–H groups in total. The molecule has 0 aliphatic carbocycles. The van der Waals surface area contributed by atoms with E-state index in [1.165, 1.54) is 31.2 Å². The summed E-state index contributed by atoms with van der Waals surface area (Å²) in [7, 11) is -1.21. The second-order valence-electron chi connectivity index (χ2n) is 8.30. The van der Waals surface area contributed by atoms with Crippen molar-refractivity contribution in [2.75, 3.05) is 25.0 Å². The minimum Gasteiger partial charge on any atom is -0.495 e. The second-order valence-corrected chi connectivity index (χ2v) is 10.2. The zero-order valence-corrected chi connectivity index (χ0v) is 21.7. The van der Waals surface area contributed by atoms with E-state index in [9.17, 15) is 18.0 Å². The molecule has 0 spiro atoms. The van der Waals surface area contributed by atoms with Crippen LogP contribution >= 0.6 is 0 Å². The van der Waals surface area contributed by atoms with E-state index in [1.54, 1.807) is 49.4 Å². The Morgan fingerprint density at radius 3 is 2.28 bits per heavy atom. The summed E-state index contributed by atoms with van der Waals surface area (Å²) >= 11 is 0. The highest BCUT2D eigenvalue weighted by Crippen LogP contribution is 2.32. The van der Waals surface area contributed by atoms with E-state index in [0.717, 1.165) is 15.4 Å². The monoisotopic (exact) mass is 509 g/mol. The number of hydrogen-bond donors (Lipinski definition) is 1. The molecule has 0 fully saturated rings. The third-order valence-corrected chi connectivity index (χ3v) is 7.59. The summed E-state index contributed by atoms with van der Waals surface area (Å²) in [5, 5.41) is 2.57. The van der Waals surface area contributed by atoms with Gasteiger partial charge in [0.15, 0.2) is 0 Å². The van der Waals surface area contributed by atoms with Crippen LogP contribution in [-0.2, 0) is 26.2 Å². The quantitative estimate of drug-likeness (QED) is 0.452. The fourth-order valence-corrected chi connectivity index (χ4v) is 5.31. The Labute approximate surface area is 212 Å². The molecule has 36 heavy (non-hydrogen) atoms. The molecule has 0 aliphatic heterocycles. The van der Waals surface area contributed by atoms with E-state index in [4.69, 9.17) is 4.74 Å². The summed E-state index contributed by atoms with van der Waals surface area (Å²) in [6.45, 7) is 3.17. The van der Waals surface area contributed by atoms with Gasteiger partial charge in [0.05, 0.1) is 17.7 Å². The van der Waals surface area contributed by atoms with Crippen LogP contribution in [0.5, 0.6) is 5.75 Å². The van der Waals surface area contributed by atoms with Gasteiger partial charge in [0.2, 0.25) is 11.8 Å². The number of methoxy groups -OCH3 is 1. The van der Waals surface area contributed by atoms with Gasteiger partial charge < -0.3 is 15.0 Å². The van der Waals surface area contributed by atoms with Crippen molar-refractivity contribution in [1.82, 2.24) is 10.2 Å². The number of anilines is 1. The van der Waals surface area contributed by atoms with Crippen LogP contribution in [0.1, 0.15) is 18.1 Å². The number of nitrogens with one attached hydrogen (secondary N) is 1. The van der Waals surface area contributed by atoms with Crippen LogP contribution in [0.4, 0.5) is 5.69 Å². The average Bonchev–Trinajstić information content (AvgIpc) is 2.89. The van der Waals surface area contributed by atoms with Crippen molar-refractivity contribution in [2.24, 2.45) is 0 Å². The molecule has 0 aromatic heterocycles. The van der Waals surface area contributed by atoms with Gasteiger partial charge in [-0.05, 0) is 43.7 Å². The largest absolute Gasteiger partial charge is 0.495 e. The van der Waals surface area contributed by atoms with E-state index >= 15 is 0 Å². The molecule has 0 saturated carbocycles. The molecule has 190 valence electrons. The number of aryl methyl sites for hydroxylation is 1. The molecule has 0 heterocycles. The Balaban J connectivity index is 2.06. The zero-order chi connectivity index (χ0) is 26.3. The van der Waals surface area contributed by atoms with Crippen molar-refractivity contribution in [3.63, 3.8) is 0 Å². The Hall–Kier alpha value is -3.85. The lowest BCUT2D eigenvalue weighted by Gasteiger charge is -2.32. The number of para-hydroxylation sites is 2. The standard InChI is InChI=1S/C27H31N3O5S/c1-20-11-10-12-22(17-20)18-29(21(2)27(32)28-3)26(31)19-30(24-15-8-9-16-25(24)35-4)36(33,34)23-13-6-5-7-14-23/h5-17,21H,18-19H2,1-4H3,(H,28,32). The van der Waals surface area contributed by atoms with Crippen LogP contribution < -0.4 is 14.4 Å². The SMILES string of the molecule is CNC(=O)C(C)N(Cc1cccc(C)c1)C(=O)CN(c1ccccc1OC)S(=O)(=O)c1ccccc1. The first kappa shape index (κ1) is 26.7. The van der Waals surface area contributed by atoms with Crippen LogP contribution in [0, 0.1) is 6.92 Å². The van der Waals surface area contributed by atoms with Gasteiger partial charge >= 0.3 is 0 Å². The summed E-state index contributed by atoms with van der Waals surface area (Å²) in [6.07, 6.45) is 0. The van der Waals surface area contributed by atoms with Crippen molar-refractivity contribution < 1.29 is 22.7 Å². The van der Waals surface area contributed by atoms with Crippen LogP contribution in [0.2, 0.25) is 0 Å². The maximum absolute atomic E-state index is 13.8. The summed E-state index contributed by atoms with van der Waals surface area (Å²) < 4.78 is 33.9. The third kappa shape index (κ3) is 6.04. The molecular weight excluding hydrogens is 478 g/mol. The fraction of sp³-hybridized carbons (Fsp3) is 0.259. The van der Waals surface area contributed by atoms with E-state index < -0.39 is 28.5 Å². The molecule has 9 heteroatoms. The highest BCUT2D eigenvalue weighted by atomic mass is 32.2. The van der Waals surface area contributed by atoms with Crippen molar-refractivity contribution >= 4 is 27.5 Å². The molecule has 8 nitrogen and oxygen atoms in total. The Morgan fingerprint density at radius 1 is 0.972 bits per heavy atom. The predicted octanol–water partition coefficient (Wildman–Crippen LogP) is 3.36. The number of benzene rings is 3. The Kier molecular flexibility index (Phi) is 8.71. The Bertz CT molecular complexity index is 1310. The molecule has 0 bridgehead atoms. The van der Waals surface area contributed by atoms with Gasteiger partial charge in [0, 0.05) is 13.6 Å². The van der Waals surface area contributed by atoms with Crippen molar-refractivity contribution in [3.8, 4) is 5.75 Å². The number of likely N-dealkylation sites (N-methyl/N-ethyl adjacent to an activating group) is 1. The predicted molar refractivity (Wildman–Crippen MR) is 139 cm³/mol. The topological polar surface area (TPSA) is 96.0 Å². The lowest BCUT2D eigenvalue weighted by atomic mass is 10.1. The van der Waals surface area contributed by atoms with E-state index in [0.29, 0.717) is 5.75 Å².